The van der Waals surface area contributed by atoms with Crippen LogP contribution in [0.1, 0.15) is 58.3 Å². The van der Waals surface area contributed by atoms with Crippen molar-refractivity contribution >= 4 is 54.9 Å². The summed E-state index contributed by atoms with van der Waals surface area (Å²) in [5.41, 5.74) is 0. The average molecular weight is 312 g/mol. The Morgan fingerprint density at radius 3 is 1.46 bits per heavy atom. The molecule has 0 amide bonds. The molecule has 0 bridgehead atoms. The van der Waals surface area contributed by atoms with Crippen LogP contribution in [0.15, 0.2) is 0 Å². The Labute approximate surface area is 122 Å². The summed E-state index contributed by atoms with van der Waals surface area (Å²) >= 11 is 0. The van der Waals surface area contributed by atoms with Crippen molar-refractivity contribution in [3.8, 4) is 0 Å². The van der Waals surface area contributed by atoms with Crippen molar-refractivity contribution in [2.24, 2.45) is 0 Å². The molecular weight excluding hydrogens is 289 g/mol. The van der Waals surface area contributed by atoms with E-state index in [-0.39, 0.29) is 48.9 Å². The molecule has 0 aliphatic heterocycles. The van der Waals surface area contributed by atoms with E-state index in [1.54, 1.807) is 0 Å². The molecule has 1 aliphatic carbocycles. The SMILES string of the molecule is C1CCCCC1.CCCC(=O)O.[BaH2]. The minimum atomic E-state index is -0.711. The summed E-state index contributed by atoms with van der Waals surface area (Å²) in [6.45, 7) is 1.84. The predicted molar refractivity (Wildman–Crippen MR) is 58.8 cm³/mol. The van der Waals surface area contributed by atoms with Crippen LogP contribution in [0.3, 0.4) is 0 Å². The van der Waals surface area contributed by atoms with Gasteiger partial charge in [0, 0.05) is 6.42 Å². The zero-order chi connectivity index (χ0) is 9.23. The van der Waals surface area contributed by atoms with Crippen LogP contribution in [0.25, 0.3) is 0 Å². The van der Waals surface area contributed by atoms with Gasteiger partial charge in [-0.25, -0.2) is 0 Å². The minimum absolute atomic E-state index is 0. The van der Waals surface area contributed by atoms with Crippen molar-refractivity contribution in [1.82, 2.24) is 0 Å². The van der Waals surface area contributed by atoms with Crippen molar-refractivity contribution in [2.75, 3.05) is 0 Å². The summed E-state index contributed by atoms with van der Waals surface area (Å²) in [7, 11) is 0. The zero-order valence-electron chi connectivity index (χ0n) is 8.01. The third-order valence-corrected chi connectivity index (χ3v) is 1.96. The number of aliphatic carboxylic acids is 1. The Morgan fingerprint density at radius 1 is 1.08 bits per heavy atom. The number of rotatable bonds is 2. The summed E-state index contributed by atoms with van der Waals surface area (Å²) in [5.74, 6) is -0.711. The first kappa shape index (κ1) is 16.5. The van der Waals surface area contributed by atoms with Crippen LogP contribution in [-0.2, 0) is 4.79 Å². The third kappa shape index (κ3) is 15.8. The third-order valence-electron chi connectivity index (χ3n) is 1.96. The van der Waals surface area contributed by atoms with E-state index in [2.05, 4.69) is 0 Å². The summed E-state index contributed by atoms with van der Waals surface area (Å²) in [5, 5.41) is 7.91. The first-order valence-corrected chi connectivity index (χ1v) is 4.99. The molecule has 0 atom stereocenters. The fourth-order valence-corrected chi connectivity index (χ4v) is 1.27. The molecule has 1 rings (SSSR count). The molecule has 76 valence electrons. The number of hydrogen-bond acceptors (Lipinski definition) is 1. The van der Waals surface area contributed by atoms with Crippen LogP contribution in [0, 0.1) is 0 Å². The molecule has 1 fully saturated rings. The van der Waals surface area contributed by atoms with Crippen LogP contribution in [0.4, 0.5) is 0 Å². The van der Waals surface area contributed by atoms with E-state index in [1.165, 1.54) is 38.5 Å². The molecule has 0 saturated heterocycles. The molecule has 0 aromatic rings. The van der Waals surface area contributed by atoms with Gasteiger partial charge in [-0.2, -0.15) is 0 Å². The summed E-state index contributed by atoms with van der Waals surface area (Å²) < 4.78 is 0. The van der Waals surface area contributed by atoms with Crippen molar-refractivity contribution < 1.29 is 9.90 Å². The molecule has 3 heteroatoms. The summed E-state index contributed by atoms with van der Waals surface area (Å²) in [4.78, 5) is 9.60. The molecule has 13 heavy (non-hydrogen) atoms. The van der Waals surface area contributed by atoms with Crippen LogP contribution >= 0.6 is 0 Å². The molecule has 0 heterocycles. The molecule has 2 nitrogen and oxygen atoms in total. The van der Waals surface area contributed by atoms with Gasteiger partial charge in [-0.3, -0.25) is 4.79 Å². The van der Waals surface area contributed by atoms with Gasteiger partial charge < -0.3 is 5.11 Å². The van der Waals surface area contributed by atoms with Crippen molar-refractivity contribution in [2.45, 2.75) is 58.3 Å². The molecule has 1 N–H and O–H groups in total. The Hall–Kier alpha value is 1.04. The van der Waals surface area contributed by atoms with Crippen LogP contribution in [0.5, 0.6) is 0 Å². The van der Waals surface area contributed by atoms with Gasteiger partial charge in [0.05, 0.1) is 0 Å². The monoisotopic (exact) mass is 312 g/mol. The Kier molecular flexibility index (Phi) is 16.5. The molecule has 0 aromatic heterocycles. The van der Waals surface area contributed by atoms with Crippen LogP contribution in [-0.4, -0.2) is 60.0 Å². The van der Waals surface area contributed by atoms with E-state index in [1.807, 2.05) is 6.92 Å². The molecule has 0 spiro atoms. The van der Waals surface area contributed by atoms with Crippen molar-refractivity contribution in [3.63, 3.8) is 0 Å². The van der Waals surface area contributed by atoms with Crippen LogP contribution < -0.4 is 0 Å². The van der Waals surface area contributed by atoms with Crippen LogP contribution in [0.2, 0.25) is 0 Å². The van der Waals surface area contributed by atoms with E-state index >= 15 is 0 Å². The van der Waals surface area contributed by atoms with E-state index in [0.29, 0.717) is 6.42 Å². The molecular formula is C10H22BaO2. The summed E-state index contributed by atoms with van der Waals surface area (Å²) in [6, 6.07) is 0. The topological polar surface area (TPSA) is 37.3 Å². The van der Waals surface area contributed by atoms with Gasteiger partial charge in [0.2, 0.25) is 0 Å². The molecule has 0 unspecified atom stereocenters. The average Bonchev–Trinajstić information content (AvgIpc) is 2.08. The number of carboxylic acid groups (broad SMARTS) is 1. The van der Waals surface area contributed by atoms with Crippen molar-refractivity contribution in [1.29, 1.82) is 0 Å². The van der Waals surface area contributed by atoms with Gasteiger partial charge in [-0.15, -0.1) is 0 Å². The Morgan fingerprint density at radius 2 is 1.38 bits per heavy atom. The van der Waals surface area contributed by atoms with Gasteiger partial charge >= 0.3 is 54.9 Å². The fourth-order valence-electron chi connectivity index (χ4n) is 1.27. The van der Waals surface area contributed by atoms with Gasteiger partial charge in [-0.1, -0.05) is 45.4 Å². The molecule has 0 radical (unpaired) electrons. The first-order chi connectivity index (χ1) is 5.77. The standard InChI is InChI=1S/C6H12.C4H8O2.Ba.2H/c1-2-4-6-5-3-1;1-2-3-4(5)6;;;/h1-6H2;2-3H2,1H3,(H,5,6);;;. The molecule has 1 aliphatic rings. The second-order valence-corrected chi connectivity index (χ2v) is 3.27. The van der Waals surface area contributed by atoms with Crippen molar-refractivity contribution in [3.05, 3.63) is 0 Å². The summed E-state index contributed by atoms with van der Waals surface area (Å²) in [6.07, 6.45) is 10.0. The van der Waals surface area contributed by atoms with Gasteiger partial charge in [-0.05, 0) is 6.42 Å². The van der Waals surface area contributed by atoms with E-state index in [0.717, 1.165) is 6.42 Å². The number of carboxylic acids is 1. The predicted octanol–water partition coefficient (Wildman–Crippen LogP) is 2.30. The number of carbonyl (C=O) groups is 1. The first-order valence-electron chi connectivity index (χ1n) is 4.99. The second kappa shape index (κ2) is 13.0. The maximum atomic E-state index is 9.60. The quantitative estimate of drug-likeness (QED) is 0.795. The maximum absolute atomic E-state index is 9.60. The van der Waals surface area contributed by atoms with E-state index < -0.39 is 5.97 Å². The fraction of sp³-hybridized carbons (Fsp3) is 0.900. The second-order valence-electron chi connectivity index (χ2n) is 3.27. The Bertz CT molecular complexity index is 100.0. The van der Waals surface area contributed by atoms with Gasteiger partial charge in [0.25, 0.3) is 0 Å². The number of hydrogen-bond donors (Lipinski definition) is 1. The van der Waals surface area contributed by atoms with E-state index in [4.69, 9.17) is 5.11 Å². The molecule has 1 saturated carbocycles. The Balaban J connectivity index is 0. The zero-order valence-corrected chi connectivity index (χ0v) is 8.01. The molecule has 0 aromatic carbocycles. The normalized spacial score (nSPS) is 14.8. The van der Waals surface area contributed by atoms with Gasteiger partial charge in [0.1, 0.15) is 0 Å². The van der Waals surface area contributed by atoms with Gasteiger partial charge in [0.15, 0.2) is 0 Å². The van der Waals surface area contributed by atoms with E-state index in [9.17, 15) is 4.79 Å².